The summed E-state index contributed by atoms with van der Waals surface area (Å²) in [7, 11) is -4.39. The van der Waals surface area contributed by atoms with Gasteiger partial charge in [-0.2, -0.15) is 0 Å². The standard InChI is InChI=1S/C8H18O3S.C8H20P/c1-2-3-4-5-6-7-8-12(9,10)11;1-5-9(6-2,7-3)8-4/h2-8H2,1H3,(H,9,10,11);5-8H2,1-4H3/q;+1/p-1. The van der Waals surface area contributed by atoms with Gasteiger partial charge in [0.15, 0.2) is 0 Å². The van der Waals surface area contributed by atoms with Gasteiger partial charge in [-0.3, -0.25) is 0 Å². The van der Waals surface area contributed by atoms with E-state index in [9.17, 15) is 13.0 Å². The molecule has 5 heteroatoms. The highest BCUT2D eigenvalue weighted by molar-refractivity contribution is 7.85. The fourth-order valence-corrected chi connectivity index (χ4v) is 5.64. The number of hydrogen-bond acceptors (Lipinski definition) is 3. The Morgan fingerprint density at radius 1 is 0.714 bits per heavy atom. The van der Waals surface area contributed by atoms with Gasteiger partial charge in [0.25, 0.3) is 0 Å². The molecule has 0 rings (SSSR count). The van der Waals surface area contributed by atoms with Crippen LogP contribution in [0, 0.1) is 0 Å². The van der Waals surface area contributed by atoms with Crippen LogP contribution in [0.25, 0.3) is 0 Å². The van der Waals surface area contributed by atoms with Gasteiger partial charge in [-0.05, 0) is 34.1 Å². The summed E-state index contributed by atoms with van der Waals surface area (Å²) in [6.45, 7) is 11.5. The molecule has 0 fully saturated rings. The van der Waals surface area contributed by atoms with Gasteiger partial charge < -0.3 is 4.55 Å². The minimum Gasteiger partial charge on any atom is -0.748 e. The van der Waals surface area contributed by atoms with E-state index in [-0.39, 0.29) is 5.75 Å². The predicted molar refractivity (Wildman–Crippen MR) is 97.0 cm³/mol. The number of hydrogen-bond donors (Lipinski definition) is 0. The van der Waals surface area contributed by atoms with Crippen LogP contribution in [0.5, 0.6) is 0 Å². The number of unbranched alkanes of at least 4 members (excludes halogenated alkanes) is 5. The summed E-state index contributed by atoms with van der Waals surface area (Å²) in [5.41, 5.74) is 0. The van der Waals surface area contributed by atoms with Crippen molar-refractivity contribution in [2.45, 2.75) is 73.1 Å². The molecule has 0 atom stereocenters. The fraction of sp³-hybridized carbons (Fsp3) is 1.00. The van der Waals surface area contributed by atoms with Crippen molar-refractivity contribution < 1.29 is 13.0 Å². The third kappa shape index (κ3) is 15.0. The van der Waals surface area contributed by atoms with E-state index >= 15 is 0 Å². The lowest BCUT2D eigenvalue weighted by atomic mass is 10.1. The lowest BCUT2D eigenvalue weighted by molar-refractivity contribution is 0.459. The first kappa shape index (κ1) is 23.6. The summed E-state index contributed by atoms with van der Waals surface area (Å²) in [6.07, 6.45) is 11.8. The minimum atomic E-state index is -3.97. The molecule has 0 heterocycles. The Labute approximate surface area is 134 Å². The first-order chi connectivity index (χ1) is 9.80. The van der Waals surface area contributed by atoms with Crippen molar-refractivity contribution in [3.8, 4) is 0 Å². The quantitative estimate of drug-likeness (QED) is 0.303. The van der Waals surface area contributed by atoms with Gasteiger partial charge in [-0.15, -0.1) is 0 Å². The van der Waals surface area contributed by atoms with Crippen LogP contribution in [0.4, 0.5) is 0 Å². The third-order valence-electron chi connectivity index (χ3n) is 4.43. The lowest BCUT2D eigenvalue weighted by Gasteiger charge is -2.20. The maximum Gasteiger partial charge on any atom is 0.0945 e. The summed E-state index contributed by atoms with van der Waals surface area (Å²) < 4.78 is 30.5. The highest BCUT2D eigenvalue weighted by atomic mass is 32.2. The third-order valence-corrected chi connectivity index (χ3v) is 10.6. The molecule has 0 aliphatic carbocycles. The largest absolute Gasteiger partial charge is 0.748 e. The van der Waals surface area contributed by atoms with Gasteiger partial charge in [-0.25, -0.2) is 8.42 Å². The van der Waals surface area contributed by atoms with Crippen LogP contribution in [0.3, 0.4) is 0 Å². The molecule has 0 aliphatic rings. The van der Waals surface area contributed by atoms with E-state index in [1.807, 2.05) is 0 Å². The van der Waals surface area contributed by atoms with Crippen LogP contribution < -0.4 is 0 Å². The van der Waals surface area contributed by atoms with Crippen molar-refractivity contribution in [1.29, 1.82) is 0 Å². The van der Waals surface area contributed by atoms with E-state index in [0.29, 0.717) is 6.42 Å². The van der Waals surface area contributed by atoms with Crippen molar-refractivity contribution in [3.05, 3.63) is 0 Å². The first-order valence-corrected chi connectivity index (χ1v) is 12.7. The van der Waals surface area contributed by atoms with Crippen molar-refractivity contribution in [3.63, 3.8) is 0 Å². The Hall–Kier alpha value is 0.340. The molecule has 0 amide bonds. The fourth-order valence-electron chi connectivity index (χ4n) is 2.40. The van der Waals surface area contributed by atoms with Gasteiger partial charge in [0.05, 0.1) is 34.8 Å². The molecular weight excluding hydrogens is 303 g/mol. The topological polar surface area (TPSA) is 57.2 Å². The average molecular weight is 341 g/mol. The predicted octanol–water partition coefficient (Wildman–Crippen LogP) is 4.98. The Bertz CT molecular complexity index is 294. The van der Waals surface area contributed by atoms with Crippen molar-refractivity contribution in [2.75, 3.05) is 30.4 Å². The average Bonchev–Trinajstić information content (AvgIpc) is 2.45. The number of rotatable bonds is 11. The van der Waals surface area contributed by atoms with Crippen LogP contribution in [0.1, 0.15) is 73.1 Å². The zero-order valence-corrected chi connectivity index (χ0v) is 16.6. The molecule has 0 spiro atoms. The van der Waals surface area contributed by atoms with Gasteiger partial charge in [0.1, 0.15) is 0 Å². The van der Waals surface area contributed by atoms with Crippen molar-refractivity contribution >= 4 is 17.4 Å². The van der Waals surface area contributed by atoms with E-state index in [2.05, 4.69) is 34.6 Å². The SMILES string of the molecule is CCCCCCCCS(=O)(=O)[O-].CC[P+](CC)(CC)CC. The molecule has 130 valence electrons. The molecule has 0 N–H and O–H groups in total. The summed E-state index contributed by atoms with van der Waals surface area (Å²) >= 11 is 0. The van der Waals surface area contributed by atoms with Crippen molar-refractivity contribution in [2.24, 2.45) is 0 Å². The Kier molecular flexibility index (Phi) is 15.7. The van der Waals surface area contributed by atoms with E-state index in [1.54, 1.807) is 0 Å². The second-order valence-electron chi connectivity index (χ2n) is 5.64. The zero-order chi connectivity index (χ0) is 16.8. The molecule has 0 radical (unpaired) electrons. The molecule has 21 heavy (non-hydrogen) atoms. The molecule has 0 saturated carbocycles. The monoisotopic (exact) mass is 340 g/mol. The molecule has 0 saturated heterocycles. The summed E-state index contributed by atoms with van der Waals surface area (Å²) in [6, 6.07) is 0. The van der Waals surface area contributed by atoms with Crippen LogP contribution >= 0.6 is 7.26 Å². The molecular formula is C16H37O3PS. The van der Waals surface area contributed by atoms with Gasteiger partial charge in [0.2, 0.25) is 0 Å². The van der Waals surface area contributed by atoms with Crippen LogP contribution in [-0.2, 0) is 10.1 Å². The highest BCUT2D eigenvalue weighted by Crippen LogP contribution is 2.57. The molecule has 0 bridgehead atoms. The Morgan fingerprint density at radius 3 is 1.38 bits per heavy atom. The maximum absolute atomic E-state index is 10.2. The van der Waals surface area contributed by atoms with Crippen LogP contribution in [-0.4, -0.2) is 43.4 Å². The van der Waals surface area contributed by atoms with E-state index < -0.39 is 17.4 Å². The molecule has 0 aromatic heterocycles. The second kappa shape index (κ2) is 14.0. The van der Waals surface area contributed by atoms with E-state index in [0.717, 1.165) is 19.3 Å². The van der Waals surface area contributed by atoms with Crippen molar-refractivity contribution in [1.82, 2.24) is 0 Å². The van der Waals surface area contributed by atoms with Gasteiger partial charge in [0, 0.05) is 13.0 Å². The molecule has 0 aliphatic heterocycles. The normalized spacial score (nSPS) is 11.9. The maximum atomic E-state index is 10.2. The van der Waals surface area contributed by atoms with E-state index in [4.69, 9.17) is 0 Å². The van der Waals surface area contributed by atoms with E-state index in [1.165, 1.54) is 37.5 Å². The lowest BCUT2D eigenvalue weighted by Crippen LogP contribution is -2.04. The summed E-state index contributed by atoms with van der Waals surface area (Å²) in [4.78, 5) is 0. The summed E-state index contributed by atoms with van der Waals surface area (Å²) in [5, 5.41) is 0. The Morgan fingerprint density at radius 2 is 1.10 bits per heavy atom. The first-order valence-electron chi connectivity index (χ1n) is 8.59. The smallest absolute Gasteiger partial charge is 0.0945 e. The Balaban J connectivity index is 0. The van der Waals surface area contributed by atoms with Gasteiger partial charge in [-0.1, -0.05) is 39.0 Å². The zero-order valence-electron chi connectivity index (χ0n) is 14.9. The minimum absolute atomic E-state index is 0.195. The van der Waals surface area contributed by atoms with Crippen LogP contribution in [0.2, 0.25) is 0 Å². The molecule has 0 unspecified atom stereocenters. The molecule has 0 aromatic carbocycles. The molecule has 0 aromatic rings. The van der Waals surface area contributed by atoms with Crippen LogP contribution in [0.15, 0.2) is 0 Å². The summed E-state index contributed by atoms with van der Waals surface area (Å²) in [5.74, 6) is -0.195. The highest BCUT2D eigenvalue weighted by Gasteiger charge is 2.27. The van der Waals surface area contributed by atoms with Gasteiger partial charge >= 0.3 is 0 Å². The molecule has 3 nitrogen and oxygen atoms in total. The second-order valence-corrected chi connectivity index (χ2v) is 12.4.